The lowest BCUT2D eigenvalue weighted by atomic mass is 9.64. The summed E-state index contributed by atoms with van der Waals surface area (Å²) in [5, 5.41) is 20.7. The molecule has 0 saturated heterocycles. The average molecular weight is 229 g/mol. The topological polar surface area (TPSA) is 69.6 Å². The van der Waals surface area contributed by atoms with Crippen molar-refractivity contribution in [3.8, 4) is 0 Å². The highest BCUT2D eigenvalue weighted by molar-refractivity contribution is 5.67. The van der Waals surface area contributed by atoms with Crippen LogP contribution in [-0.4, -0.2) is 29.5 Å². The predicted octanol–water partition coefficient (Wildman–Crippen LogP) is 1.44. The molecule has 0 aliphatic heterocycles. The number of aliphatic carboxylic acids is 1. The van der Waals surface area contributed by atoms with E-state index in [0.717, 1.165) is 12.8 Å². The van der Waals surface area contributed by atoms with Crippen molar-refractivity contribution in [3.05, 3.63) is 0 Å². The third-order valence-corrected chi connectivity index (χ3v) is 3.51. The van der Waals surface area contributed by atoms with Crippen molar-refractivity contribution in [1.82, 2.24) is 5.32 Å². The number of rotatable bonds is 5. The maximum atomic E-state index is 11.0. The number of aliphatic hydroxyl groups is 1. The summed E-state index contributed by atoms with van der Waals surface area (Å²) in [4.78, 5) is 11.0. The number of carbonyl (C=O) groups is 1. The Balaban J connectivity index is 2.71. The molecule has 1 saturated carbocycles. The van der Waals surface area contributed by atoms with Crippen molar-refractivity contribution < 1.29 is 15.0 Å². The maximum Gasteiger partial charge on any atom is 0.303 e. The Morgan fingerprint density at radius 2 is 1.94 bits per heavy atom. The van der Waals surface area contributed by atoms with Crippen LogP contribution in [0.4, 0.5) is 0 Å². The van der Waals surface area contributed by atoms with Gasteiger partial charge in [0.2, 0.25) is 0 Å². The van der Waals surface area contributed by atoms with Crippen molar-refractivity contribution in [2.45, 2.75) is 39.5 Å². The van der Waals surface area contributed by atoms with Gasteiger partial charge in [0.1, 0.15) is 0 Å². The summed E-state index contributed by atoms with van der Waals surface area (Å²) in [6.45, 7) is 4.89. The van der Waals surface area contributed by atoms with Gasteiger partial charge in [-0.05, 0) is 36.5 Å². The van der Waals surface area contributed by atoms with Crippen molar-refractivity contribution in [3.63, 3.8) is 0 Å². The molecule has 3 atom stereocenters. The van der Waals surface area contributed by atoms with Crippen LogP contribution in [-0.2, 0) is 4.79 Å². The molecule has 0 radical (unpaired) electrons. The molecular formula is C12H23NO3. The van der Waals surface area contributed by atoms with E-state index in [1.54, 1.807) is 0 Å². The van der Waals surface area contributed by atoms with Crippen LogP contribution in [0.15, 0.2) is 0 Å². The summed E-state index contributed by atoms with van der Waals surface area (Å²) in [6, 6.07) is 0. The van der Waals surface area contributed by atoms with Crippen LogP contribution >= 0.6 is 0 Å². The number of carboxylic acids is 1. The van der Waals surface area contributed by atoms with Gasteiger partial charge in [0.05, 0.1) is 13.2 Å². The average Bonchev–Trinajstić information content (AvgIpc) is 2.11. The molecule has 1 rings (SSSR count). The van der Waals surface area contributed by atoms with Crippen LogP contribution < -0.4 is 5.32 Å². The lowest BCUT2D eigenvalue weighted by molar-refractivity contribution is -0.141. The van der Waals surface area contributed by atoms with Gasteiger partial charge >= 0.3 is 5.97 Å². The zero-order chi connectivity index (χ0) is 12.2. The third kappa shape index (κ3) is 3.76. The van der Waals surface area contributed by atoms with Crippen LogP contribution in [0, 0.1) is 17.3 Å². The standard InChI is InChI=1S/C12H23NO3/c1-9-3-10(2)5-12(4-9,6-11(15)16)7-13-8-14/h9-10,13-14H,3-8H2,1-2H3,(H,15,16)/t9-,10+,12?. The normalized spacial score (nSPS) is 34.9. The molecule has 0 aromatic heterocycles. The smallest absolute Gasteiger partial charge is 0.303 e. The van der Waals surface area contributed by atoms with E-state index in [-0.39, 0.29) is 18.6 Å². The molecule has 1 aliphatic rings. The molecule has 16 heavy (non-hydrogen) atoms. The summed E-state index contributed by atoms with van der Waals surface area (Å²) in [7, 11) is 0. The molecule has 1 aliphatic carbocycles. The van der Waals surface area contributed by atoms with Gasteiger partial charge in [0.25, 0.3) is 0 Å². The van der Waals surface area contributed by atoms with Gasteiger partial charge in [-0.2, -0.15) is 0 Å². The lowest BCUT2D eigenvalue weighted by Crippen LogP contribution is -2.42. The fourth-order valence-corrected chi connectivity index (χ4v) is 3.41. The zero-order valence-corrected chi connectivity index (χ0v) is 10.2. The molecule has 94 valence electrons. The van der Waals surface area contributed by atoms with Gasteiger partial charge in [0, 0.05) is 6.54 Å². The van der Waals surface area contributed by atoms with Crippen LogP contribution in [0.25, 0.3) is 0 Å². The Morgan fingerprint density at radius 1 is 1.38 bits per heavy atom. The van der Waals surface area contributed by atoms with Crippen LogP contribution in [0.3, 0.4) is 0 Å². The molecule has 1 fully saturated rings. The number of hydrogen-bond donors (Lipinski definition) is 3. The Kier molecular flexibility index (Phi) is 4.74. The highest BCUT2D eigenvalue weighted by Crippen LogP contribution is 2.44. The number of aliphatic hydroxyl groups excluding tert-OH is 1. The Morgan fingerprint density at radius 3 is 2.38 bits per heavy atom. The van der Waals surface area contributed by atoms with Crippen LogP contribution in [0.5, 0.6) is 0 Å². The number of hydrogen-bond acceptors (Lipinski definition) is 3. The van der Waals surface area contributed by atoms with E-state index < -0.39 is 5.97 Å². The second-order valence-corrected chi connectivity index (χ2v) is 5.51. The molecule has 0 aromatic carbocycles. The van der Waals surface area contributed by atoms with Crippen LogP contribution in [0.1, 0.15) is 39.5 Å². The van der Waals surface area contributed by atoms with Crippen LogP contribution in [0.2, 0.25) is 0 Å². The Hall–Kier alpha value is -0.610. The third-order valence-electron chi connectivity index (χ3n) is 3.51. The molecule has 4 heteroatoms. The largest absolute Gasteiger partial charge is 0.481 e. The first kappa shape index (κ1) is 13.5. The lowest BCUT2D eigenvalue weighted by Gasteiger charge is -2.42. The van der Waals surface area contributed by atoms with E-state index in [1.165, 1.54) is 6.42 Å². The highest BCUT2D eigenvalue weighted by Gasteiger charge is 2.39. The predicted molar refractivity (Wildman–Crippen MR) is 62.0 cm³/mol. The van der Waals surface area contributed by atoms with E-state index >= 15 is 0 Å². The first-order chi connectivity index (χ1) is 7.47. The van der Waals surface area contributed by atoms with Gasteiger partial charge in [-0.3, -0.25) is 10.1 Å². The summed E-state index contributed by atoms with van der Waals surface area (Å²) in [5.74, 6) is 0.410. The molecule has 0 amide bonds. The van der Waals surface area contributed by atoms with E-state index in [9.17, 15) is 4.79 Å². The van der Waals surface area contributed by atoms with E-state index in [0.29, 0.717) is 18.4 Å². The van der Waals surface area contributed by atoms with Gasteiger partial charge in [-0.1, -0.05) is 13.8 Å². The van der Waals surface area contributed by atoms with E-state index in [4.69, 9.17) is 10.2 Å². The molecule has 3 N–H and O–H groups in total. The minimum atomic E-state index is -0.735. The first-order valence-electron chi connectivity index (χ1n) is 6.01. The first-order valence-corrected chi connectivity index (χ1v) is 6.01. The summed E-state index contributed by atoms with van der Waals surface area (Å²) < 4.78 is 0. The second kappa shape index (κ2) is 5.64. The summed E-state index contributed by atoms with van der Waals surface area (Å²) >= 11 is 0. The fourth-order valence-electron chi connectivity index (χ4n) is 3.41. The fraction of sp³-hybridized carbons (Fsp3) is 0.917. The van der Waals surface area contributed by atoms with E-state index in [1.807, 2.05) is 0 Å². The quantitative estimate of drug-likeness (QED) is 0.624. The van der Waals surface area contributed by atoms with Gasteiger partial charge in [-0.15, -0.1) is 0 Å². The number of carboxylic acid groups (broad SMARTS) is 1. The molecule has 1 unspecified atom stereocenters. The molecule has 0 heterocycles. The van der Waals surface area contributed by atoms with Gasteiger partial charge in [0.15, 0.2) is 0 Å². The Bertz CT molecular complexity index is 232. The maximum absolute atomic E-state index is 11.0. The monoisotopic (exact) mass is 229 g/mol. The number of nitrogens with one attached hydrogen (secondary N) is 1. The minimum absolute atomic E-state index is 0.0792. The van der Waals surface area contributed by atoms with Gasteiger partial charge in [-0.25, -0.2) is 0 Å². The van der Waals surface area contributed by atoms with Gasteiger partial charge < -0.3 is 10.2 Å². The zero-order valence-electron chi connectivity index (χ0n) is 10.2. The molecule has 4 nitrogen and oxygen atoms in total. The molecule has 0 bridgehead atoms. The second-order valence-electron chi connectivity index (χ2n) is 5.51. The van der Waals surface area contributed by atoms with Crippen molar-refractivity contribution >= 4 is 5.97 Å². The van der Waals surface area contributed by atoms with E-state index in [2.05, 4.69) is 19.2 Å². The molecular weight excluding hydrogens is 206 g/mol. The highest BCUT2D eigenvalue weighted by atomic mass is 16.4. The Labute approximate surface area is 97.0 Å². The SMILES string of the molecule is C[C@@H]1C[C@H](C)CC(CNCO)(CC(=O)O)C1. The van der Waals surface area contributed by atoms with Crippen molar-refractivity contribution in [1.29, 1.82) is 0 Å². The van der Waals surface area contributed by atoms with Crippen molar-refractivity contribution in [2.75, 3.05) is 13.3 Å². The summed E-state index contributed by atoms with van der Waals surface area (Å²) in [5.41, 5.74) is -0.175. The summed E-state index contributed by atoms with van der Waals surface area (Å²) in [6.07, 6.45) is 3.27. The minimum Gasteiger partial charge on any atom is -0.481 e. The van der Waals surface area contributed by atoms with Crippen molar-refractivity contribution in [2.24, 2.45) is 17.3 Å². The molecule has 0 aromatic rings. The molecule has 0 spiro atoms.